The lowest BCUT2D eigenvalue weighted by Gasteiger charge is -2.42. The van der Waals surface area contributed by atoms with Gasteiger partial charge in [-0.1, -0.05) is 19.1 Å². The quantitative estimate of drug-likeness (QED) is 0.480. The van der Waals surface area contributed by atoms with Crippen molar-refractivity contribution >= 4 is 21.7 Å². The number of fused-ring (bicyclic) bond motifs is 1. The number of carbonyl (C=O) groups excluding carboxylic acids is 1. The van der Waals surface area contributed by atoms with Crippen LogP contribution in [0.2, 0.25) is 0 Å². The maximum absolute atomic E-state index is 13.2. The van der Waals surface area contributed by atoms with Gasteiger partial charge >= 0.3 is 0 Å². The molecule has 186 valence electrons. The molecule has 2 atom stereocenters. The summed E-state index contributed by atoms with van der Waals surface area (Å²) in [6, 6.07) is 12.1. The number of aliphatic hydroxyl groups is 1. The van der Waals surface area contributed by atoms with Crippen molar-refractivity contribution in [2.75, 3.05) is 5.32 Å². The Morgan fingerprint density at radius 3 is 2.46 bits per heavy atom. The summed E-state index contributed by atoms with van der Waals surface area (Å²) in [5, 5.41) is 18.1. The first-order valence-corrected chi connectivity index (χ1v) is 12.8. The lowest BCUT2D eigenvalue weighted by atomic mass is 9.86. The van der Waals surface area contributed by atoms with Crippen LogP contribution in [0.1, 0.15) is 54.0 Å². The summed E-state index contributed by atoms with van der Waals surface area (Å²) in [5.74, 6) is 0.518. The first-order chi connectivity index (χ1) is 16.4. The number of hydrogen-bond donors (Lipinski definition) is 3. The molecule has 9 nitrogen and oxygen atoms in total. The summed E-state index contributed by atoms with van der Waals surface area (Å²) >= 11 is 0. The number of nitrogens with zero attached hydrogens (tertiary/aromatic N) is 2. The van der Waals surface area contributed by atoms with Crippen LogP contribution in [0.4, 0.5) is 5.82 Å². The first kappa shape index (κ1) is 24.9. The molecule has 3 aromatic rings. The van der Waals surface area contributed by atoms with Gasteiger partial charge in [0.25, 0.3) is 5.91 Å². The summed E-state index contributed by atoms with van der Waals surface area (Å²) in [6.45, 7) is 7.18. The molecule has 3 N–H and O–H groups in total. The van der Waals surface area contributed by atoms with Gasteiger partial charge in [-0.05, 0) is 63.1 Å². The summed E-state index contributed by atoms with van der Waals surface area (Å²) in [7, 11) is -2.25. The Hall–Kier alpha value is -3.21. The molecule has 1 aromatic heterocycles. The SMILES string of the molecule is CCc1ccc(S(=O)(=O)N[C@@H]2c3cc(C(=O)Nc4cc(C)nn4C)ccc3OC(C)(C)[C@H]2O)cc1. The standard InChI is InChI=1S/C25H30N4O5S/c1-6-16-7-10-18(11-8-16)35(32,33)28-22-19-14-17(9-12-20(19)34-25(3,4)23(22)30)24(31)26-21-13-15(2)27-29(21)5/h7-14,22-23,28,30H,6H2,1-5H3,(H,26,31)/t22-,23+/m1/s1. The number of amides is 1. The zero-order chi connectivity index (χ0) is 25.5. The predicted molar refractivity (Wildman–Crippen MR) is 132 cm³/mol. The number of carbonyl (C=O) groups is 1. The number of hydrogen-bond acceptors (Lipinski definition) is 6. The fourth-order valence-electron chi connectivity index (χ4n) is 4.12. The maximum Gasteiger partial charge on any atom is 0.256 e. The highest BCUT2D eigenvalue weighted by molar-refractivity contribution is 7.89. The maximum atomic E-state index is 13.2. The van der Waals surface area contributed by atoms with E-state index in [2.05, 4.69) is 15.1 Å². The molecule has 10 heteroatoms. The van der Waals surface area contributed by atoms with Crippen LogP contribution in [0.5, 0.6) is 5.75 Å². The van der Waals surface area contributed by atoms with E-state index in [0.717, 1.165) is 17.7 Å². The second-order valence-electron chi connectivity index (χ2n) is 9.25. The van der Waals surface area contributed by atoms with E-state index in [-0.39, 0.29) is 10.5 Å². The third-order valence-corrected chi connectivity index (χ3v) is 7.63. The average Bonchev–Trinajstić information content (AvgIpc) is 3.12. The molecule has 1 amide bonds. The molecule has 0 radical (unpaired) electrons. The third-order valence-electron chi connectivity index (χ3n) is 6.18. The van der Waals surface area contributed by atoms with Crippen molar-refractivity contribution in [3.63, 3.8) is 0 Å². The molecule has 0 unspecified atom stereocenters. The number of benzene rings is 2. The van der Waals surface area contributed by atoms with E-state index in [1.54, 1.807) is 74.1 Å². The van der Waals surface area contributed by atoms with Crippen molar-refractivity contribution in [2.24, 2.45) is 7.05 Å². The van der Waals surface area contributed by atoms with Crippen molar-refractivity contribution in [3.8, 4) is 5.75 Å². The van der Waals surface area contributed by atoms with Crippen molar-refractivity contribution < 1.29 is 23.1 Å². The molecule has 1 aliphatic rings. The zero-order valence-corrected chi connectivity index (χ0v) is 21.2. The van der Waals surface area contributed by atoms with E-state index >= 15 is 0 Å². The second kappa shape index (κ2) is 9.10. The lowest BCUT2D eigenvalue weighted by Crippen LogP contribution is -2.53. The Morgan fingerprint density at radius 2 is 1.86 bits per heavy atom. The second-order valence-corrected chi connectivity index (χ2v) is 11.0. The Balaban J connectivity index is 1.69. The van der Waals surface area contributed by atoms with E-state index in [9.17, 15) is 18.3 Å². The molecule has 35 heavy (non-hydrogen) atoms. The number of anilines is 1. The Bertz CT molecular complexity index is 1360. The smallest absolute Gasteiger partial charge is 0.256 e. The molecule has 0 bridgehead atoms. The summed E-state index contributed by atoms with van der Waals surface area (Å²) in [6.07, 6.45) is -0.422. The van der Waals surface area contributed by atoms with Crippen molar-refractivity contribution in [3.05, 3.63) is 70.9 Å². The van der Waals surface area contributed by atoms with E-state index in [0.29, 0.717) is 17.1 Å². The monoisotopic (exact) mass is 498 g/mol. The van der Waals surface area contributed by atoms with E-state index in [1.165, 1.54) is 0 Å². The highest BCUT2D eigenvalue weighted by atomic mass is 32.2. The van der Waals surface area contributed by atoms with Crippen LogP contribution in [-0.4, -0.2) is 40.9 Å². The number of sulfonamides is 1. The molecule has 0 saturated heterocycles. The fourth-order valence-corrected chi connectivity index (χ4v) is 5.35. The van der Waals surface area contributed by atoms with Crippen molar-refractivity contribution in [1.29, 1.82) is 0 Å². The molecule has 2 aromatic carbocycles. The number of nitrogens with one attached hydrogen (secondary N) is 2. The van der Waals surface area contributed by atoms with E-state index in [1.807, 2.05) is 13.8 Å². The topological polar surface area (TPSA) is 123 Å². The first-order valence-electron chi connectivity index (χ1n) is 11.4. The molecular weight excluding hydrogens is 468 g/mol. The van der Waals surface area contributed by atoms with E-state index < -0.39 is 33.7 Å². The largest absolute Gasteiger partial charge is 0.485 e. The van der Waals surface area contributed by atoms with Crippen LogP contribution in [0.3, 0.4) is 0 Å². The summed E-state index contributed by atoms with van der Waals surface area (Å²) in [5.41, 5.74) is 1.37. The molecule has 0 fully saturated rings. The summed E-state index contributed by atoms with van der Waals surface area (Å²) in [4.78, 5) is 13.0. The Morgan fingerprint density at radius 1 is 1.17 bits per heavy atom. The van der Waals surface area contributed by atoms with Gasteiger partial charge < -0.3 is 15.2 Å². The zero-order valence-electron chi connectivity index (χ0n) is 20.4. The van der Waals surface area contributed by atoms with Crippen LogP contribution >= 0.6 is 0 Å². The summed E-state index contributed by atoms with van der Waals surface area (Å²) < 4.78 is 36.6. The molecule has 0 aliphatic carbocycles. The molecule has 0 spiro atoms. The van der Waals surface area contributed by atoms with E-state index in [4.69, 9.17) is 4.74 Å². The number of rotatable bonds is 6. The minimum absolute atomic E-state index is 0.0909. The van der Waals surface area contributed by atoms with Gasteiger partial charge in [0.15, 0.2) is 0 Å². The van der Waals surface area contributed by atoms with Gasteiger partial charge in [-0.15, -0.1) is 0 Å². The van der Waals surface area contributed by atoms with Gasteiger partial charge in [-0.2, -0.15) is 5.10 Å². The van der Waals surface area contributed by atoms with Crippen LogP contribution in [0, 0.1) is 6.92 Å². The minimum Gasteiger partial charge on any atom is -0.485 e. The van der Waals surface area contributed by atoms with Crippen LogP contribution in [0.15, 0.2) is 53.4 Å². The third kappa shape index (κ3) is 4.95. The van der Waals surface area contributed by atoms with Crippen LogP contribution in [-0.2, 0) is 23.5 Å². The van der Waals surface area contributed by atoms with Gasteiger partial charge in [0.1, 0.15) is 23.3 Å². The minimum atomic E-state index is -3.97. The number of ether oxygens (including phenoxy) is 1. The van der Waals surface area contributed by atoms with Gasteiger partial charge in [-0.25, -0.2) is 13.1 Å². The predicted octanol–water partition coefficient (Wildman–Crippen LogP) is 3.09. The Labute approximate surface area is 205 Å². The lowest BCUT2D eigenvalue weighted by molar-refractivity contribution is -0.0603. The molecule has 0 saturated carbocycles. The van der Waals surface area contributed by atoms with Crippen LogP contribution in [0.25, 0.3) is 0 Å². The highest BCUT2D eigenvalue weighted by Gasteiger charge is 2.44. The van der Waals surface area contributed by atoms with Gasteiger partial charge in [0, 0.05) is 24.2 Å². The fraction of sp³-hybridized carbons (Fsp3) is 0.360. The van der Waals surface area contributed by atoms with Gasteiger partial charge in [-0.3, -0.25) is 9.48 Å². The molecule has 2 heterocycles. The van der Waals surface area contributed by atoms with Crippen LogP contribution < -0.4 is 14.8 Å². The van der Waals surface area contributed by atoms with Crippen molar-refractivity contribution in [1.82, 2.24) is 14.5 Å². The molecule has 1 aliphatic heterocycles. The average molecular weight is 499 g/mol. The number of aryl methyl sites for hydroxylation is 3. The highest BCUT2D eigenvalue weighted by Crippen LogP contribution is 2.41. The number of aromatic nitrogens is 2. The van der Waals surface area contributed by atoms with Gasteiger partial charge in [0.2, 0.25) is 10.0 Å². The number of aliphatic hydroxyl groups excluding tert-OH is 1. The molecule has 4 rings (SSSR count). The van der Waals surface area contributed by atoms with Gasteiger partial charge in [0.05, 0.1) is 16.6 Å². The Kier molecular flexibility index (Phi) is 6.48. The molecular formula is C25H30N4O5S. The normalized spacial score (nSPS) is 19.0. The van der Waals surface area contributed by atoms with Crippen molar-refractivity contribution in [2.45, 2.75) is 56.8 Å².